The molecule has 1 N–H and O–H groups in total. The van der Waals surface area contributed by atoms with E-state index >= 15 is 0 Å². The number of carboxylic acids is 1. The van der Waals surface area contributed by atoms with Crippen LogP contribution in [0.4, 0.5) is 0 Å². The molecule has 2 unspecified atom stereocenters. The second kappa shape index (κ2) is 6.25. The first-order valence-electron chi connectivity index (χ1n) is 6.38. The summed E-state index contributed by atoms with van der Waals surface area (Å²) >= 11 is 9.41. The molecule has 0 bridgehead atoms. The first-order valence-corrected chi connectivity index (χ1v) is 7.55. The zero-order valence-electron chi connectivity index (χ0n) is 10.8. The van der Waals surface area contributed by atoms with Crippen LogP contribution in [-0.2, 0) is 11.3 Å². The van der Waals surface area contributed by atoms with E-state index in [-0.39, 0.29) is 5.92 Å². The fraction of sp³-hybridized carbons (Fsp3) is 0.500. The number of carbonyl (C=O) groups is 1. The largest absolute Gasteiger partial charge is 0.481 e. The van der Waals surface area contributed by atoms with Crippen molar-refractivity contribution >= 4 is 33.5 Å². The van der Waals surface area contributed by atoms with Gasteiger partial charge in [-0.3, -0.25) is 9.69 Å². The topological polar surface area (TPSA) is 40.5 Å². The first kappa shape index (κ1) is 14.8. The minimum absolute atomic E-state index is 0.191. The van der Waals surface area contributed by atoms with E-state index in [1.54, 1.807) is 0 Å². The summed E-state index contributed by atoms with van der Waals surface area (Å²) in [5, 5.41) is 9.77. The second-order valence-corrected chi connectivity index (χ2v) is 6.39. The van der Waals surface area contributed by atoms with Crippen molar-refractivity contribution in [3.63, 3.8) is 0 Å². The number of halogens is 2. The molecule has 1 saturated heterocycles. The Morgan fingerprint density at radius 3 is 2.89 bits per heavy atom. The number of benzene rings is 1. The lowest BCUT2D eigenvalue weighted by Gasteiger charge is -2.36. The molecule has 0 amide bonds. The predicted octanol–water partition coefficient (Wildman–Crippen LogP) is 3.79. The normalized spacial score (nSPS) is 24.4. The molecule has 104 valence electrons. The average molecular weight is 347 g/mol. The Hall–Kier alpha value is -0.580. The van der Waals surface area contributed by atoms with E-state index in [2.05, 4.69) is 27.8 Å². The summed E-state index contributed by atoms with van der Waals surface area (Å²) < 4.78 is 0.903. The molecular formula is C14H17BrClNO2. The Morgan fingerprint density at radius 1 is 1.58 bits per heavy atom. The van der Waals surface area contributed by atoms with Crippen LogP contribution < -0.4 is 0 Å². The molecule has 1 heterocycles. The van der Waals surface area contributed by atoms with Crippen LogP contribution in [0.25, 0.3) is 0 Å². The summed E-state index contributed by atoms with van der Waals surface area (Å²) in [5.74, 6) is -0.857. The van der Waals surface area contributed by atoms with E-state index in [0.717, 1.165) is 30.4 Å². The molecule has 2 atom stereocenters. The Morgan fingerprint density at radius 2 is 2.32 bits per heavy atom. The summed E-state index contributed by atoms with van der Waals surface area (Å²) in [6.45, 7) is 3.77. The van der Waals surface area contributed by atoms with Crippen molar-refractivity contribution in [2.45, 2.75) is 32.4 Å². The highest BCUT2D eigenvalue weighted by Crippen LogP contribution is 2.27. The lowest BCUT2D eigenvalue weighted by molar-refractivity contribution is -0.144. The molecular weight excluding hydrogens is 330 g/mol. The molecule has 1 aromatic carbocycles. The van der Waals surface area contributed by atoms with Crippen LogP contribution in [0.1, 0.15) is 25.3 Å². The molecule has 0 spiro atoms. The van der Waals surface area contributed by atoms with Gasteiger partial charge in [0.15, 0.2) is 0 Å². The molecule has 0 radical (unpaired) electrons. The van der Waals surface area contributed by atoms with E-state index in [1.807, 2.05) is 18.2 Å². The van der Waals surface area contributed by atoms with Crippen LogP contribution in [0, 0.1) is 5.92 Å². The van der Waals surface area contributed by atoms with Gasteiger partial charge >= 0.3 is 5.97 Å². The molecule has 0 aliphatic carbocycles. The van der Waals surface area contributed by atoms with Crippen molar-refractivity contribution in [2.24, 2.45) is 5.92 Å². The van der Waals surface area contributed by atoms with E-state index in [9.17, 15) is 4.79 Å². The van der Waals surface area contributed by atoms with E-state index in [4.69, 9.17) is 16.7 Å². The molecule has 1 aliphatic heterocycles. The lowest BCUT2D eigenvalue weighted by Crippen LogP contribution is -2.42. The summed E-state index contributed by atoms with van der Waals surface area (Å²) in [4.78, 5) is 13.3. The van der Waals surface area contributed by atoms with Gasteiger partial charge in [-0.2, -0.15) is 0 Å². The SMILES string of the molecule is CC1CC(C(=O)O)CCN1Cc1ccc(Cl)c(Br)c1. The van der Waals surface area contributed by atoms with Crippen molar-refractivity contribution in [3.05, 3.63) is 33.3 Å². The Kier molecular flexibility index (Phi) is 4.87. The zero-order valence-corrected chi connectivity index (χ0v) is 13.1. The average Bonchev–Trinajstić information content (AvgIpc) is 2.36. The van der Waals surface area contributed by atoms with E-state index in [0.29, 0.717) is 11.1 Å². The number of carboxylic acid groups (broad SMARTS) is 1. The number of rotatable bonds is 3. The van der Waals surface area contributed by atoms with Crippen molar-refractivity contribution < 1.29 is 9.90 Å². The Labute approximate surface area is 126 Å². The van der Waals surface area contributed by atoms with Crippen LogP contribution >= 0.6 is 27.5 Å². The zero-order chi connectivity index (χ0) is 14.0. The number of likely N-dealkylation sites (tertiary alicyclic amines) is 1. The van der Waals surface area contributed by atoms with Crippen molar-refractivity contribution in [2.75, 3.05) is 6.54 Å². The molecule has 2 rings (SSSR count). The monoisotopic (exact) mass is 345 g/mol. The van der Waals surface area contributed by atoms with Gasteiger partial charge in [0.05, 0.1) is 10.9 Å². The van der Waals surface area contributed by atoms with E-state index < -0.39 is 5.97 Å². The van der Waals surface area contributed by atoms with Crippen LogP contribution in [-0.4, -0.2) is 28.6 Å². The highest BCUT2D eigenvalue weighted by atomic mass is 79.9. The van der Waals surface area contributed by atoms with Crippen molar-refractivity contribution in [3.8, 4) is 0 Å². The maximum atomic E-state index is 11.0. The number of nitrogens with zero attached hydrogens (tertiary/aromatic N) is 1. The summed E-state index contributed by atoms with van der Waals surface area (Å²) in [7, 11) is 0. The van der Waals surface area contributed by atoms with E-state index in [1.165, 1.54) is 5.56 Å². The van der Waals surface area contributed by atoms with Crippen LogP contribution in [0.5, 0.6) is 0 Å². The number of hydrogen-bond acceptors (Lipinski definition) is 2. The highest BCUT2D eigenvalue weighted by molar-refractivity contribution is 9.10. The Bertz CT molecular complexity index is 481. The summed E-state index contributed by atoms with van der Waals surface area (Å²) in [6, 6.07) is 6.22. The van der Waals surface area contributed by atoms with Gasteiger partial charge in [0.25, 0.3) is 0 Å². The van der Waals surface area contributed by atoms with Gasteiger partial charge in [0.1, 0.15) is 0 Å². The van der Waals surface area contributed by atoms with Gasteiger partial charge in [0.2, 0.25) is 0 Å². The lowest BCUT2D eigenvalue weighted by atomic mass is 9.91. The standard InChI is InChI=1S/C14H17BrClNO2/c1-9-6-11(14(18)19)4-5-17(9)8-10-2-3-13(16)12(15)7-10/h2-3,7,9,11H,4-6,8H2,1H3,(H,18,19). The minimum atomic E-state index is -0.666. The first-order chi connectivity index (χ1) is 8.97. The maximum absolute atomic E-state index is 11.0. The van der Waals surface area contributed by atoms with Crippen molar-refractivity contribution in [1.29, 1.82) is 0 Å². The highest BCUT2D eigenvalue weighted by Gasteiger charge is 2.29. The number of hydrogen-bond donors (Lipinski definition) is 1. The fourth-order valence-corrected chi connectivity index (χ4v) is 3.10. The number of aliphatic carboxylic acids is 1. The van der Waals surface area contributed by atoms with Gasteiger partial charge in [-0.1, -0.05) is 17.7 Å². The third-order valence-electron chi connectivity index (χ3n) is 3.73. The van der Waals surface area contributed by atoms with Gasteiger partial charge in [0, 0.05) is 17.1 Å². The molecule has 3 nitrogen and oxygen atoms in total. The van der Waals surface area contributed by atoms with Crippen LogP contribution in [0.15, 0.2) is 22.7 Å². The third kappa shape index (κ3) is 3.71. The molecule has 1 fully saturated rings. The molecule has 0 saturated carbocycles. The molecule has 1 aliphatic rings. The minimum Gasteiger partial charge on any atom is -0.481 e. The van der Waals surface area contributed by atoms with Gasteiger partial charge in [-0.25, -0.2) is 0 Å². The molecule has 5 heteroatoms. The third-order valence-corrected chi connectivity index (χ3v) is 4.95. The Balaban J connectivity index is 2.00. The summed E-state index contributed by atoms with van der Waals surface area (Å²) in [6.07, 6.45) is 1.46. The fourth-order valence-electron chi connectivity index (χ4n) is 2.55. The van der Waals surface area contributed by atoms with Gasteiger partial charge in [-0.05, 0) is 59.9 Å². The van der Waals surface area contributed by atoms with Crippen LogP contribution in [0.3, 0.4) is 0 Å². The summed E-state index contributed by atoms with van der Waals surface area (Å²) in [5.41, 5.74) is 1.19. The second-order valence-electron chi connectivity index (χ2n) is 5.13. The van der Waals surface area contributed by atoms with Gasteiger partial charge in [-0.15, -0.1) is 0 Å². The predicted molar refractivity (Wildman–Crippen MR) is 79.4 cm³/mol. The van der Waals surface area contributed by atoms with Crippen molar-refractivity contribution in [1.82, 2.24) is 4.90 Å². The van der Waals surface area contributed by atoms with Gasteiger partial charge < -0.3 is 5.11 Å². The smallest absolute Gasteiger partial charge is 0.306 e. The maximum Gasteiger partial charge on any atom is 0.306 e. The quantitative estimate of drug-likeness (QED) is 0.905. The molecule has 0 aromatic heterocycles. The molecule has 1 aromatic rings. The van der Waals surface area contributed by atoms with Crippen LogP contribution in [0.2, 0.25) is 5.02 Å². The number of piperidine rings is 1. The molecule has 19 heavy (non-hydrogen) atoms.